The van der Waals surface area contributed by atoms with Crippen LogP contribution in [0.1, 0.15) is 64.2 Å². The largest absolute Gasteiger partial charge is 0.346 e. The van der Waals surface area contributed by atoms with Gasteiger partial charge in [-0.05, 0) is 43.7 Å². The van der Waals surface area contributed by atoms with E-state index in [9.17, 15) is 4.79 Å². The molecule has 1 aliphatic heterocycles. The van der Waals surface area contributed by atoms with Crippen LogP contribution in [0.3, 0.4) is 0 Å². The predicted octanol–water partition coefficient (Wildman–Crippen LogP) is 4.65. The third-order valence-corrected chi connectivity index (χ3v) is 7.61. The average molecular weight is 393 g/mol. The molecule has 26 heavy (non-hydrogen) atoms. The summed E-state index contributed by atoms with van der Waals surface area (Å²) < 4.78 is 1.97. The summed E-state index contributed by atoms with van der Waals surface area (Å²) in [7, 11) is 4.00. The molecule has 1 saturated heterocycles. The molecule has 0 saturated carbocycles. The minimum absolute atomic E-state index is 0.0957. The van der Waals surface area contributed by atoms with Crippen molar-refractivity contribution in [2.75, 3.05) is 5.75 Å². The first kappa shape index (κ1) is 19.5. The number of carbonyl (C=O) groups is 1. The van der Waals surface area contributed by atoms with Crippen LogP contribution in [-0.2, 0) is 4.79 Å². The normalized spacial score (nSPS) is 18.5. The van der Waals surface area contributed by atoms with E-state index in [4.69, 9.17) is 0 Å². The fourth-order valence-corrected chi connectivity index (χ4v) is 6.31. The number of amides is 1. The zero-order valence-electron chi connectivity index (χ0n) is 15.6. The topological polar surface area (TPSA) is 59.3 Å². The summed E-state index contributed by atoms with van der Waals surface area (Å²) in [6.45, 7) is 4.33. The minimum Gasteiger partial charge on any atom is -0.346 e. The zero-order chi connectivity index (χ0) is 18.4. The van der Waals surface area contributed by atoms with E-state index >= 15 is 0 Å². The highest BCUT2D eigenvalue weighted by Gasteiger charge is 2.21. The van der Waals surface area contributed by atoms with Gasteiger partial charge in [0.05, 0.1) is 6.04 Å². The Morgan fingerprint density at radius 2 is 2.23 bits per heavy atom. The van der Waals surface area contributed by atoms with Gasteiger partial charge in [0, 0.05) is 23.6 Å². The standard InChI is InChI=1S/C19H28N4OS2/c1-14(2)13-16(19-22-21-17-8-5-6-11-23(17)19)20-18(24)9-4-3-7-15-10-12-25-26-15/h5-6,8,11,14-16H,3-4,7,9-10,12-13H2,1-2H3,(H,20,24). The Hall–Kier alpha value is -1.21. The molecule has 0 radical (unpaired) electrons. The van der Waals surface area contributed by atoms with E-state index < -0.39 is 0 Å². The lowest BCUT2D eigenvalue weighted by atomic mass is 10.0. The lowest BCUT2D eigenvalue weighted by Gasteiger charge is -2.19. The molecule has 0 aromatic carbocycles. The van der Waals surface area contributed by atoms with Crippen molar-refractivity contribution in [1.82, 2.24) is 19.9 Å². The number of pyridine rings is 1. The van der Waals surface area contributed by atoms with Crippen LogP contribution in [0.5, 0.6) is 0 Å². The quantitative estimate of drug-likeness (QED) is 0.497. The van der Waals surface area contributed by atoms with Gasteiger partial charge in [0.15, 0.2) is 11.5 Å². The Kier molecular flexibility index (Phi) is 7.25. The Morgan fingerprint density at radius 3 is 3.00 bits per heavy atom. The van der Waals surface area contributed by atoms with Gasteiger partial charge in [0.1, 0.15) is 0 Å². The molecular formula is C19H28N4OS2. The SMILES string of the molecule is CC(C)CC(NC(=O)CCCCC1CCSS1)c1nnc2ccccn12. The number of carbonyl (C=O) groups excluding carboxylic acids is 1. The molecular weight excluding hydrogens is 364 g/mol. The number of hydrogen-bond acceptors (Lipinski definition) is 5. The molecule has 7 heteroatoms. The second-order valence-corrected chi connectivity index (χ2v) is 10.1. The highest BCUT2D eigenvalue weighted by molar-refractivity contribution is 8.77. The van der Waals surface area contributed by atoms with E-state index in [0.29, 0.717) is 12.3 Å². The molecule has 1 aliphatic rings. The molecule has 5 nitrogen and oxygen atoms in total. The van der Waals surface area contributed by atoms with Crippen LogP contribution in [0.4, 0.5) is 0 Å². The van der Waals surface area contributed by atoms with Crippen molar-refractivity contribution in [1.29, 1.82) is 0 Å². The van der Waals surface area contributed by atoms with Gasteiger partial charge >= 0.3 is 0 Å². The summed E-state index contributed by atoms with van der Waals surface area (Å²) in [5.41, 5.74) is 0.817. The van der Waals surface area contributed by atoms with Crippen LogP contribution in [0.15, 0.2) is 24.4 Å². The summed E-state index contributed by atoms with van der Waals surface area (Å²) in [5, 5.41) is 12.6. The predicted molar refractivity (Wildman–Crippen MR) is 110 cm³/mol. The number of nitrogens with one attached hydrogen (secondary N) is 1. The lowest BCUT2D eigenvalue weighted by Crippen LogP contribution is -2.30. The van der Waals surface area contributed by atoms with E-state index in [1.54, 1.807) is 0 Å². The zero-order valence-corrected chi connectivity index (χ0v) is 17.2. The summed E-state index contributed by atoms with van der Waals surface area (Å²) in [5.74, 6) is 2.69. The molecule has 2 aromatic heterocycles. The minimum atomic E-state index is -0.0957. The lowest BCUT2D eigenvalue weighted by molar-refractivity contribution is -0.122. The number of fused-ring (bicyclic) bond motifs is 1. The maximum Gasteiger partial charge on any atom is 0.220 e. The van der Waals surface area contributed by atoms with E-state index in [2.05, 4.69) is 29.4 Å². The van der Waals surface area contributed by atoms with Gasteiger partial charge in [-0.2, -0.15) is 0 Å². The van der Waals surface area contributed by atoms with Crippen LogP contribution >= 0.6 is 21.6 Å². The Balaban J connectivity index is 1.55. The molecule has 0 aliphatic carbocycles. The maximum absolute atomic E-state index is 12.5. The molecule has 1 fully saturated rings. The molecule has 142 valence electrons. The van der Waals surface area contributed by atoms with Crippen molar-refractivity contribution >= 4 is 33.1 Å². The molecule has 3 rings (SSSR count). The molecule has 2 atom stereocenters. The molecule has 2 unspecified atom stereocenters. The molecule has 1 N–H and O–H groups in total. The van der Waals surface area contributed by atoms with Crippen molar-refractivity contribution in [2.45, 2.75) is 63.7 Å². The highest BCUT2D eigenvalue weighted by atomic mass is 33.1. The van der Waals surface area contributed by atoms with E-state index in [-0.39, 0.29) is 11.9 Å². The van der Waals surface area contributed by atoms with Gasteiger partial charge in [0.25, 0.3) is 0 Å². The summed E-state index contributed by atoms with van der Waals surface area (Å²) in [6, 6.07) is 5.75. The number of unbranched alkanes of at least 4 members (excludes halogenated alkanes) is 1. The van der Waals surface area contributed by atoms with Crippen LogP contribution in [0, 0.1) is 5.92 Å². The van der Waals surface area contributed by atoms with Crippen molar-refractivity contribution in [2.24, 2.45) is 5.92 Å². The van der Waals surface area contributed by atoms with E-state index in [0.717, 1.165) is 36.0 Å². The molecule has 2 aromatic rings. The van der Waals surface area contributed by atoms with E-state index in [1.807, 2.05) is 50.4 Å². The van der Waals surface area contributed by atoms with Gasteiger partial charge in [-0.3, -0.25) is 9.20 Å². The summed E-state index contributed by atoms with van der Waals surface area (Å²) in [6.07, 6.45) is 8.05. The van der Waals surface area contributed by atoms with Gasteiger partial charge in [0.2, 0.25) is 5.91 Å². The molecule has 0 spiro atoms. The van der Waals surface area contributed by atoms with Crippen molar-refractivity contribution in [3.05, 3.63) is 30.2 Å². The molecule has 3 heterocycles. The Morgan fingerprint density at radius 1 is 1.35 bits per heavy atom. The highest BCUT2D eigenvalue weighted by Crippen LogP contribution is 2.39. The second kappa shape index (κ2) is 9.65. The number of rotatable bonds is 9. The third-order valence-electron chi connectivity index (χ3n) is 4.60. The van der Waals surface area contributed by atoms with Crippen LogP contribution in [0.2, 0.25) is 0 Å². The number of aromatic nitrogens is 3. The van der Waals surface area contributed by atoms with Gasteiger partial charge < -0.3 is 5.32 Å². The summed E-state index contributed by atoms with van der Waals surface area (Å²) in [4.78, 5) is 12.5. The first-order valence-corrected chi connectivity index (χ1v) is 11.9. The Bertz CT molecular complexity index is 712. The van der Waals surface area contributed by atoms with Gasteiger partial charge in [-0.15, -0.1) is 10.2 Å². The molecule has 0 bridgehead atoms. The monoisotopic (exact) mass is 392 g/mol. The Labute approximate surface area is 163 Å². The van der Waals surface area contributed by atoms with E-state index in [1.165, 1.54) is 18.6 Å². The first-order chi connectivity index (χ1) is 12.6. The van der Waals surface area contributed by atoms with Crippen molar-refractivity contribution < 1.29 is 4.79 Å². The van der Waals surface area contributed by atoms with Crippen LogP contribution in [0.25, 0.3) is 5.65 Å². The smallest absolute Gasteiger partial charge is 0.220 e. The fourth-order valence-electron chi connectivity index (χ4n) is 3.29. The fraction of sp³-hybridized carbons (Fsp3) is 0.632. The second-order valence-electron chi connectivity index (χ2n) is 7.31. The molecule has 1 amide bonds. The van der Waals surface area contributed by atoms with Gasteiger partial charge in [-0.25, -0.2) is 0 Å². The third kappa shape index (κ3) is 5.39. The summed E-state index contributed by atoms with van der Waals surface area (Å²) >= 11 is 0. The van der Waals surface area contributed by atoms with Crippen LogP contribution in [-0.4, -0.2) is 31.5 Å². The number of hydrogen-bond donors (Lipinski definition) is 1. The van der Waals surface area contributed by atoms with Gasteiger partial charge in [-0.1, -0.05) is 47.9 Å². The average Bonchev–Trinajstić information content (AvgIpc) is 3.27. The number of nitrogens with zero attached hydrogens (tertiary/aromatic N) is 3. The van der Waals surface area contributed by atoms with Crippen molar-refractivity contribution in [3.63, 3.8) is 0 Å². The van der Waals surface area contributed by atoms with Crippen molar-refractivity contribution in [3.8, 4) is 0 Å². The maximum atomic E-state index is 12.5. The van der Waals surface area contributed by atoms with Crippen LogP contribution < -0.4 is 5.32 Å². The first-order valence-electron chi connectivity index (χ1n) is 9.51.